The third kappa shape index (κ3) is 37.8. The Hall–Kier alpha value is -5.69. The first-order chi connectivity index (χ1) is 49.5. The van der Waals surface area contributed by atoms with Gasteiger partial charge in [0.25, 0.3) is 0 Å². The van der Waals surface area contributed by atoms with Gasteiger partial charge in [-0.15, -0.1) is 0 Å². The van der Waals surface area contributed by atoms with Crippen LogP contribution in [0.5, 0.6) is 0 Å². The number of aliphatic hydroxyl groups is 2. The molecule has 0 aromatic carbocycles. The SMILES string of the molecule is CC(C)(COP(=O)(O)OP(=O)(O)OCC1OC(n2cnc3c(N)ncnc32)C(O)C1OP(=O)(O)O)C(O)C(=O)NCCC(=O)NCCSC(=O)C(N)CCC(=O)NC(CSSCC(NC(=O)CCC(N)C(=O)O)C(=O)NCC(=O)NCCCNCCCCN)C(=O)NCC(=O)NCCCNCCCCN. The predicted molar refractivity (Wildman–Crippen MR) is 382 cm³/mol. The molecule has 27 N–H and O–H groups in total. The molecular formula is C55H100N19O25P3S3. The zero-order valence-corrected chi connectivity index (χ0v) is 63.0. The van der Waals surface area contributed by atoms with Crippen LogP contribution in [0.25, 0.3) is 11.2 Å². The summed E-state index contributed by atoms with van der Waals surface area (Å²) in [6.07, 6.45) is -3.98. The number of hydrogen-bond acceptors (Lipinski definition) is 33. The largest absolute Gasteiger partial charge is 0.481 e. The zero-order valence-electron chi connectivity index (χ0n) is 57.9. The third-order valence-electron chi connectivity index (χ3n) is 14.8. The first-order valence-corrected chi connectivity index (χ1v) is 41.0. The molecule has 0 aliphatic carbocycles. The Morgan fingerprint density at radius 1 is 0.648 bits per heavy atom. The fourth-order valence-electron chi connectivity index (χ4n) is 8.96. The lowest BCUT2D eigenvalue weighted by molar-refractivity contribution is -0.139. The molecule has 0 bridgehead atoms. The molecule has 3 rings (SSSR count). The number of fused-ring (bicyclic) bond motifs is 1. The summed E-state index contributed by atoms with van der Waals surface area (Å²) in [5, 5.41) is 57.1. The maximum Gasteiger partial charge on any atom is 0.481 e. The van der Waals surface area contributed by atoms with Crippen LogP contribution in [0.2, 0.25) is 0 Å². The lowest BCUT2D eigenvalue weighted by atomic mass is 9.87. The van der Waals surface area contributed by atoms with Crippen LogP contribution >= 0.6 is 56.8 Å². The van der Waals surface area contributed by atoms with Crippen molar-refractivity contribution in [3.8, 4) is 0 Å². The monoisotopic (exact) mass is 1620 g/mol. The molecule has 11 unspecified atom stereocenters. The number of carbonyl (C=O) groups is 10. The maximum atomic E-state index is 13.6. The smallest absolute Gasteiger partial charge is 0.480 e. The molecule has 0 saturated carbocycles. The van der Waals surface area contributed by atoms with Gasteiger partial charge in [-0.2, -0.15) is 4.31 Å². The van der Waals surface area contributed by atoms with Crippen LogP contribution in [0, 0.1) is 5.41 Å². The lowest BCUT2D eigenvalue weighted by Gasteiger charge is -2.30. The van der Waals surface area contributed by atoms with Gasteiger partial charge < -0.3 is 121 Å². The third-order valence-corrected chi connectivity index (χ3v) is 21.3. The van der Waals surface area contributed by atoms with Gasteiger partial charge in [0.15, 0.2) is 17.7 Å². The van der Waals surface area contributed by atoms with Crippen LogP contribution in [0.1, 0.15) is 90.7 Å². The van der Waals surface area contributed by atoms with Gasteiger partial charge in [-0.05, 0) is 90.6 Å². The van der Waals surface area contributed by atoms with Gasteiger partial charge in [-0.25, -0.2) is 28.6 Å². The molecule has 1 saturated heterocycles. The van der Waals surface area contributed by atoms with Crippen molar-refractivity contribution in [1.29, 1.82) is 0 Å². The van der Waals surface area contributed by atoms with E-state index in [0.717, 1.165) is 89.3 Å². The number of nitrogen functional groups attached to an aromatic ring is 1. The minimum absolute atomic E-state index is 0.00171. The molecular weight excluding hydrogens is 1520 g/mol. The normalized spacial score (nSPS) is 17.9. The van der Waals surface area contributed by atoms with Gasteiger partial charge in [-0.1, -0.05) is 47.2 Å². The van der Waals surface area contributed by atoms with Gasteiger partial charge in [0.1, 0.15) is 54.4 Å². The molecule has 0 radical (unpaired) electrons. The van der Waals surface area contributed by atoms with E-state index in [1.807, 2.05) is 0 Å². The first kappa shape index (κ1) is 93.5. The number of aliphatic carboxylic acids is 1. The van der Waals surface area contributed by atoms with E-state index in [1.54, 1.807) is 0 Å². The molecule has 1 fully saturated rings. The highest BCUT2D eigenvalue weighted by molar-refractivity contribution is 8.76. The van der Waals surface area contributed by atoms with Crippen LogP contribution in [-0.4, -0.2) is 270 Å². The van der Waals surface area contributed by atoms with Gasteiger partial charge in [0.2, 0.25) is 52.4 Å². The predicted octanol–water partition coefficient (Wildman–Crippen LogP) is -5.78. The molecule has 105 heavy (non-hydrogen) atoms. The van der Waals surface area contributed by atoms with Crippen molar-refractivity contribution in [3.05, 3.63) is 12.7 Å². The number of aromatic nitrogens is 4. The number of nitrogens with zero attached hydrogens (tertiary/aromatic N) is 4. The minimum Gasteiger partial charge on any atom is -0.480 e. The van der Waals surface area contributed by atoms with E-state index in [4.69, 9.17) is 42.5 Å². The van der Waals surface area contributed by atoms with Crippen LogP contribution in [0.4, 0.5) is 5.82 Å². The molecule has 50 heteroatoms. The number of rotatable bonds is 56. The summed E-state index contributed by atoms with van der Waals surface area (Å²) in [4.78, 5) is 180. The van der Waals surface area contributed by atoms with Crippen molar-refractivity contribution in [3.63, 3.8) is 0 Å². The van der Waals surface area contributed by atoms with E-state index in [-0.39, 0.29) is 79.4 Å². The second-order valence-corrected chi connectivity index (χ2v) is 31.9. The second-order valence-electron chi connectivity index (χ2n) is 24.0. The van der Waals surface area contributed by atoms with Crippen LogP contribution in [0.3, 0.4) is 0 Å². The summed E-state index contributed by atoms with van der Waals surface area (Å²) < 4.78 is 62.8. The Labute approximate surface area is 616 Å². The summed E-state index contributed by atoms with van der Waals surface area (Å²) in [6.45, 7) is 3.39. The van der Waals surface area contributed by atoms with Crippen molar-refractivity contribution in [1.82, 2.24) is 72.7 Å². The minimum atomic E-state index is -5.68. The molecule has 2 aromatic heterocycles. The van der Waals surface area contributed by atoms with Gasteiger partial charge in [0, 0.05) is 68.1 Å². The highest BCUT2D eigenvalue weighted by Crippen LogP contribution is 2.61. The molecule has 3 heterocycles. The number of ether oxygens (including phenoxy) is 1. The number of carboxylic acids is 1. The Morgan fingerprint density at radius 2 is 1.17 bits per heavy atom. The van der Waals surface area contributed by atoms with Crippen LogP contribution in [0.15, 0.2) is 12.7 Å². The number of phosphoric ester groups is 3. The van der Waals surface area contributed by atoms with Gasteiger partial charge in [0.05, 0.1) is 38.7 Å². The van der Waals surface area contributed by atoms with Crippen molar-refractivity contribution in [2.24, 2.45) is 28.3 Å². The quantitative estimate of drug-likeness (QED) is 0.0167. The molecule has 8 amide bonds. The summed E-state index contributed by atoms with van der Waals surface area (Å²) in [5.74, 6) is -7.48. The number of amides is 8. The Bertz CT molecular complexity index is 3280. The number of nitrogens with two attached hydrogens (primary N) is 5. The summed E-state index contributed by atoms with van der Waals surface area (Å²) in [7, 11) is -14.7. The molecule has 44 nitrogen and oxygen atoms in total. The Morgan fingerprint density at radius 3 is 1.70 bits per heavy atom. The number of imidazole rings is 1. The van der Waals surface area contributed by atoms with Crippen molar-refractivity contribution >= 4 is 132 Å². The van der Waals surface area contributed by atoms with E-state index < -0.39 is 168 Å². The molecule has 1 aliphatic rings. The number of carbonyl (C=O) groups excluding carboxylic acids is 9. The standard InChI is InChI=1S/C55H100N19O25P3S3/c1-55(2,30-96-102(93,94)99-101(91,92)95-27-37-45(98-100(88,89)90)44(80)52(97-37)74-32-71-43-47(60)69-31-70-48(43)74)46(81)51(84)66-22-13-38(75)65-23-24-103-54(87)34(59)10-12-40(77)73-36(50(83)68-26-42(79)64-21-8-19-62-17-6-4-15-57)29-105-104-28-35(72-39(76)11-9-33(58)53(85)86)49(82)67-25-41(78)63-20-7-18-61-16-5-3-14-56/h31-37,44-46,52,61-62,80-81H,3-30,56-59H2,1-2H3,(H,63,78)(H,64,79)(H,65,75)(H,66,84)(H,67,82)(H,68,83)(H,72,76)(H,73,77)(H,85,86)(H,91,92)(H,93,94)(H2,60,69,70)(H2,88,89,90). The Kier molecular flexibility index (Phi) is 43.3. The number of thioether (sulfide) groups is 1. The molecule has 0 spiro atoms. The van der Waals surface area contributed by atoms with E-state index >= 15 is 0 Å². The number of hydrogen-bond donors (Lipinski definition) is 22. The van der Waals surface area contributed by atoms with E-state index in [1.165, 1.54) is 13.8 Å². The van der Waals surface area contributed by atoms with E-state index in [0.29, 0.717) is 52.1 Å². The fraction of sp³-hybridized carbons (Fsp3) is 0.727. The topological polar surface area (TPSA) is 704 Å². The fourth-order valence-corrected chi connectivity index (χ4v) is 14.9. The average molecular weight is 1620 g/mol. The number of phosphoric acid groups is 3. The molecule has 11 atom stereocenters. The Balaban J connectivity index is 1.48. The van der Waals surface area contributed by atoms with Crippen LogP contribution < -0.4 is 81.8 Å². The second kappa shape index (κ2) is 48.7. The van der Waals surface area contributed by atoms with Gasteiger partial charge >= 0.3 is 29.4 Å². The van der Waals surface area contributed by atoms with E-state index in [9.17, 15) is 96.5 Å². The van der Waals surface area contributed by atoms with Crippen molar-refractivity contribution < 1.29 is 119 Å². The number of unbranched alkanes of at least 4 members (excludes halogenated alkanes) is 2. The maximum absolute atomic E-state index is 13.6. The summed E-state index contributed by atoms with van der Waals surface area (Å²) >= 11 is 0.727. The van der Waals surface area contributed by atoms with Gasteiger partial charge in [-0.3, -0.25) is 66.1 Å². The molecule has 2 aromatic rings. The van der Waals surface area contributed by atoms with Crippen LogP contribution in [-0.2, 0) is 84.3 Å². The molecule has 1 aliphatic heterocycles. The highest BCUT2D eigenvalue weighted by Gasteiger charge is 2.50. The lowest BCUT2D eigenvalue weighted by Crippen LogP contribution is -2.51. The average Bonchev–Trinajstić information content (AvgIpc) is 1.62. The zero-order chi connectivity index (χ0) is 78.3. The number of nitrogens with one attached hydrogen (secondary N) is 10. The molecule has 598 valence electrons. The van der Waals surface area contributed by atoms with Crippen molar-refractivity contribution in [2.45, 2.75) is 139 Å². The van der Waals surface area contributed by atoms with Crippen molar-refractivity contribution in [2.75, 3.05) is 115 Å². The number of aliphatic hydroxyl groups excluding tert-OH is 2. The first-order valence-electron chi connectivity index (χ1n) is 33.0. The van der Waals surface area contributed by atoms with E-state index in [2.05, 4.69) is 77.0 Å². The number of anilines is 1. The summed E-state index contributed by atoms with van der Waals surface area (Å²) in [6, 6.07) is -5.17. The number of carboxylic acid groups (broad SMARTS) is 1. The highest BCUT2D eigenvalue weighted by atomic mass is 33.1. The summed E-state index contributed by atoms with van der Waals surface area (Å²) in [5.41, 5.74) is 26.8.